The zero-order chi connectivity index (χ0) is 16.3. The number of rotatable bonds is 5. The van der Waals surface area contributed by atoms with Gasteiger partial charge in [-0.15, -0.1) is 0 Å². The fraction of sp³-hybridized carbons (Fsp3) is 0.200. The maximum atomic E-state index is 12.6. The Morgan fingerprint density at radius 2 is 1.86 bits per heavy atom. The molecular weight excluding hydrogens is 306 g/mol. The molecule has 0 amide bonds. The topological polar surface area (TPSA) is 82.4 Å². The molecule has 2 aromatic rings. The number of nitrogens with zero attached hydrogens (tertiary/aromatic N) is 1. The highest BCUT2D eigenvalue weighted by Gasteiger charge is 2.24. The van der Waals surface area contributed by atoms with Crippen molar-refractivity contribution in [1.29, 1.82) is 0 Å². The van der Waals surface area contributed by atoms with E-state index in [0.717, 1.165) is 9.54 Å². The lowest BCUT2D eigenvalue weighted by molar-refractivity contribution is 0.0524. The molecule has 0 fully saturated rings. The monoisotopic (exact) mass is 321 g/mol. The van der Waals surface area contributed by atoms with Crippen molar-refractivity contribution in [3.63, 3.8) is 0 Å². The number of carbonyl (C=O) groups excluding carboxylic acids is 2. The van der Waals surface area contributed by atoms with E-state index in [0.29, 0.717) is 6.29 Å². The lowest BCUT2D eigenvalue weighted by Crippen LogP contribution is -2.16. The summed E-state index contributed by atoms with van der Waals surface area (Å²) in [4.78, 5) is 23.0. The molecule has 2 rings (SSSR count). The minimum absolute atomic E-state index is 0.0345. The van der Waals surface area contributed by atoms with Crippen molar-refractivity contribution in [3.8, 4) is 0 Å². The number of carbonyl (C=O) groups is 2. The Morgan fingerprint density at radius 3 is 2.41 bits per heavy atom. The highest BCUT2D eigenvalue weighted by Crippen LogP contribution is 2.20. The first kappa shape index (κ1) is 16.0. The molecule has 1 aromatic heterocycles. The largest absolute Gasteiger partial charge is 0.462 e. The van der Waals surface area contributed by atoms with E-state index in [1.165, 1.54) is 24.4 Å². The Kier molecular flexibility index (Phi) is 4.46. The van der Waals surface area contributed by atoms with Gasteiger partial charge >= 0.3 is 5.97 Å². The quantitative estimate of drug-likeness (QED) is 0.621. The molecule has 7 heteroatoms. The van der Waals surface area contributed by atoms with Gasteiger partial charge in [-0.3, -0.25) is 4.79 Å². The second-order valence-electron chi connectivity index (χ2n) is 4.57. The lowest BCUT2D eigenvalue weighted by atomic mass is 10.2. The molecular formula is C15H15NO5S. The van der Waals surface area contributed by atoms with Gasteiger partial charge in [0.05, 0.1) is 17.1 Å². The molecule has 22 heavy (non-hydrogen) atoms. The van der Waals surface area contributed by atoms with Crippen LogP contribution in [0.4, 0.5) is 0 Å². The summed E-state index contributed by atoms with van der Waals surface area (Å²) in [5.74, 6) is -0.734. The van der Waals surface area contributed by atoms with E-state index in [1.54, 1.807) is 19.1 Å². The third-order valence-corrected chi connectivity index (χ3v) is 4.78. The maximum Gasteiger partial charge on any atom is 0.340 e. The van der Waals surface area contributed by atoms with E-state index in [9.17, 15) is 18.0 Å². The lowest BCUT2D eigenvalue weighted by Gasteiger charge is -2.08. The summed E-state index contributed by atoms with van der Waals surface area (Å²) in [6.07, 6.45) is 1.50. The molecule has 0 atom stereocenters. The number of aldehydes is 1. The van der Waals surface area contributed by atoms with Crippen molar-refractivity contribution < 1.29 is 22.7 Å². The fourth-order valence-electron chi connectivity index (χ4n) is 1.96. The van der Waals surface area contributed by atoms with E-state index in [1.807, 2.05) is 6.92 Å². The number of benzene rings is 1. The van der Waals surface area contributed by atoms with Crippen LogP contribution in [0.25, 0.3) is 0 Å². The predicted octanol–water partition coefficient (Wildman–Crippen LogP) is 2.02. The molecule has 0 aliphatic rings. The van der Waals surface area contributed by atoms with Crippen LogP contribution in [0.1, 0.15) is 33.3 Å². The second-order valence-corrected chi connectivity index (χ2v) is 6.38. The minimum atomic E-state index is -3.95. The van der Waals surface area contributed by atoms with E-state index >= 15 is 0 Å². The number of esters is 1. The number of hydrogen-bond donors (Lipinski definition) is 0. The van der Waals surface area contributed by atoms with Crippen LogP contribution in [0, 0.1) is 6.92 Å². The normalized spacial score (nSPS) is 11.2. The second kappa shape index (κ2) is 6.15. The SMILES string of the molecule is CCOC(=O)c1ccn(S(=O)(=O)c2ccc(C)cc2)c1C=O. The van der Waals surface area contributed by atoms with Crippen molar-refractivity contribution >= 4 is 22.3 Å². The minimum Gasteiger partial charge on any atom is -0.462 e. The van der Waals surface area contributed by atoms with Gasteiger partial charge in [-0.05, 0) is 32.0 Å². The van der Waals surface area contributed by atoms with Gasteiger partial charge in [0.2, 0.25) is 0 Å². The first-order valence-corrected chi connectivity index (χ1v) is 8.01. The summed E-state index contributed by atoms with van der Waals surface area (Å²) < 4.78 is 30.7. The van der Waals surface area contributed by atoms with E-state index in [2.05, 4.69) is 0 Å². The molecule has 6 nitrogen and oxygen atoms in total. The third kappa shape index (κ3) is 2.80. The van der Waals surface area contributed by atoms with Gasteiger partial charge < -0.3 is 4.74 Å². The summed E-state index contributed by atoms with van der Waals surface area (Å²) in [6.45, 7) is 3.59. The van der Waals surface area contributed by atoms with Gasteiger partial charge in [0, 0.05) is 6.20 Å². The smallest absolute Gasteiger partial charge is 0.340 e. The van der Waals surface area contributed by atoms with Crippen molar-refractivity contribution in [2.45, 2.75) is 18.7 Å². The summed E-state index contributed by atoms with van der Waals surface area (Å²) in [5.41, 5.74) is 0.584. The fourth-order valence-corrected chi connectivity index (χ4v) is 3.29. The highest BCUT2D eigenvalue weighted by atomic mass is 32.2. The number of ether oxygens (including phenoxy) is 1. The highest BCUT2D eigenvalue weighted by molar-refractivity contribution is 7.90. The van der Waals surface area contributed by atoms with Gasteiger partial charge in [0.1, 0.15) is 5.69 Å². The molecule has 0 bridgehead atoms. The van der Waals surface area contributed by atoms with Crippen LogP contribution in [-0.4, -0.2) is 31.3 Å². The Hall–Kier alpha value is -2.41. The van der Waals surface area contributed by atoms with Gasteiger partial charge in [-0.2, -0.15) is 0 Å². The number of aryl methyl sites for hydroxylation is 1. The molecule has 1 heterocycles. The van der Waals surface area contributed by atoms with Gasteiger partial charge in [-0.25, -0.2) is 17.2 Å². The first-order valence-electron chi connectivity index (χ1n) is 6.57. The summed E-state index contributed by atoms with van der Waals surface area (Å²) in [5, 5.41) is 0. The van der Waals surface area contributed by atoms with Gasteiger partial charge in [-0.1, -0.05) is 17.7 Å². The van der Waals surface area contributed by atoms with Crippen LogP contribution in [-0.2, 0) is 14.8 Å². The van der Waals surface area contributed by atoms with Crippen LogP contribution < -0.4 is 0 Å². The number of aromatic nitrogens is 1. The Labute approximate surface area is 128 Å². The van der Waals surface area contributed by atoms with Crippen LogP contribution in [0.3, 0.4) is 0 Å². The van der Waals surface area contributed by atoms with E-state index < -0.39 is 16.0 Å². The zero-order valence-electron chi connectivity index (χ0n) is 12.1. The molecule has 0 aliphatic heterocycles. The van der Waals surface area contributed by atoms with Crippen LogP contribution in [0.15, 0.2) is 41.4 Å². The van der Waals surface area contributed by atoms with Crippen LogP contribution >= 0.6 is 0 Å². The van der Waals surface area contributed by atoms with E-state index in [4.69, 9.17) is 4.74 Å². The Balaban J connectivity index is 2.55. The molecule has 1 aromatic carbocycles. The summed E-state index contributed by atoms with van der Waals surface area (Å²) in [7, 11) is -3.95. The molecule has 0 aliphatic carbocycles. The Morgan fingerprint density at radius 1 is 1.23 bits per heavy atom. The molecule has 0 saturated heterocycles. The summed E-state index contributed by atoms with van der Waals surface area (Å²) >= 11 is 0. The zero-order valence-corrected chi connectivity index (χ0v) is 13.0. The van der Waals surface area contributed by atoms with Crippen LogP contribution in [0.2, 0.25) is 0 Å². The van der Waals surface area contributed by atoms with Gasteiger partial charge in [0.25, 0.3) is 10.0 Å². The average Bonchev–Trinajstić information content (AvgIpc) is 2.92. The number of hydrogen-bond acceptors (Lipinski definition) is 5. The van der Waals surface area contributed by atoms with Gasteiger partial charge in [0.15, 0.2) is 6.29 Å². The molecule has 0 N–H and O–H groups in total. The maximum absolute atomic E-state index is 12.6. The average molecular weight is 321 g/mol. The Bertz CT molecular complexity index is 803. The first-order chi connectivity index (χ1) is 10.4. The predicted molar refractivity (Wildman–Crippen MR) is 79.5 cm³/mol. The molecule has 0 radical (unpaired) electrons. The summed E-state index contributed by atoms with van der Waals surface area (Å²) in [6, 6.07) is 7.46. The molecule has 0 unspecified atom stereocenters. The molecule has 0 spiro atoms. The third-order valence-electron chi connectivity index (χ3n) is 3.07. The van der Waals surface area contributed by atoms with Crippen molar-refractivity contribution in [3.05, 3.63) is 53.3 Å². The van der Waals surface area contributed by atoms with Crippen molar-refractivity contribution in [2.75, 3.05) is 6.61 Å². The van der Waals surface area contributed by atoms with E-state index in [-0.39, 0.29) is 22.8 Å². The standard InChI is InChI=1S/C15H15NO5S/c1-3-21-15(18)13-8-9-16(14(13)10-17)22(19,20)12-6-4-11(2)5-7-12/h4-10H,3H2,1-2H3. The van der Waals surface area contributed by atoms with Crippen molar-refractivity contribution in [2.24, 2.45) is 0 Å². The van der Waals surface area contributed by atoms with Crippen LogP contribution in [0.5, 0.6) is 0 Å². The van der Waals surface area contributed by atoms with Crippen molar-refractivity contribution in [1.82, 2.24) is 3.97 Å². The molecule has 0 saturated carbocycles. The molecule has 116 valence electrons.